The summed E-state index contributed by atoms with van der Waals surface area (Å²) in [4.78, 5) is 21.2. The van der Waals surface area contributed by atoms with Crippen molar-refractivity contribution in [2.24, 2.45) is 0 Å². The smallest absolute Gasteiger partial charge is 0.257 e. The lowest BCUT2D eigenvalue weighted by Gasteiger charge is -2.18. The molecule has 0 radical (unpaired) electrons. The van der Waals surface area contributed by atoms with Gasteiger partial charge in [0.2, 0.25) is 0 Å². The van der Waals surface area contributed by atoms with E-state index in [1.165, 1.54) is 0 Å². The highest BCUT2D eigenvalue weighted by Gasteiger charge is 2.13. The molecule has 1 amide bonds. The van der Waals surface area contributed by atoms with Crippen molar-refractivity contribution in [3.63, 3.8) is 0 Å². The highest BCUT2D eigenvalue weighted by Crippen LogP contribution is 2.29. The molecule has 0 saturated heterocycles. The maximum Gasteiger partial charge on any atom is 0.257 e. The summed E-state index contributed by atoms with van der Waals surface area (Å²) in [5, 5.41) is 10.6. The second-order valence-corrected chi connectivity index (χ2v) is 8.06. The summed E-state index contributed by atoms with van der Waals surface area (Å²) in [6, 6.07) is 11.7. The molecule has 172 valence electrons. The second kappa shape index (κ2) is 10.0. The van der Waals surface area contributed by atoms with Gasteiger partial charge in [-0.15, -0.1) is 0 Å². The second-order valence-electron chi connectivity index (χ2n) is 8.06. The highest BCUT2D eigenvalue weighted by atomic mass is 16.1. The molecular formula is C27H28N6O. The molecule has 1 atom stereocenters. The molecule has 0 saturated carbocycles. The number of benzene rings is 1. The number of amides is 1. The lowest BCUT2D eigenvalue weighted by Crippen LogP contribution is -2.13. The number of carbonyl (C=O) groups excluding carboxylic acids is 1. The fourth-order valence-corrected chi connectivity index (χ4v) is 3.86. The molecule has 3 heterocycles. The van der Waals surface area contributed by atoms with Gasteiger partial charge >= 0.3 is 0 Å². The predicted molar refractivity (Wildman–Crippen MR) is 139 cm³/mol. The van der Waals surface area contributed by atoms with Crippen LogP contribution < -0.4 is 16.0 Å². The van der Waals surface area contributed by atoms with Crippen molar-refractivity contribution in [1.82, 2.24) is 19.9 Å². The van der Waals surface area contributed by atoms with Gasteiger partial charge in [-0.1, -0.05) is 18.7 Å². The Bertz CT molecular complexity index is 1370. The zero-order valence-corrected chi connectivity index (χ0v) is 19.5. The Hall–Kier alpha value is -4.39. The van der Waals surface area contributed by atoms with Crippen molar-refractivity contribution in [2.75, 3.05) is 17.7 Å². The van der Waals surface area contributed by atoms with Crippen molar-refractivity contribution in [1.29, 1.82) is 0 Å². The van der Waals surface area contributed by atoms with E-state index in [1.807, 2.05) is 73.7 Å². The molecule has 0 aliphatic heterocycles. The summed E-state index contributed by atoms with van der Waals surface area (Å²) < 4.78 is 2.04. The third-order valence-corrected chi connectivity index (χ3v) is 5.55. The van der Waals surface area contributed by atoms with Gasteiger partial charge in [0.15, 0.2) is 0 Å². The van der Waals surface area contributed by atoms with Crippen LogP contribution in [-0.4, -0.2) is 27.5 Å². The number of rotatable bonds is 8. The number of fused-ring (bicyclic) bond motifs is 1. The minimum absolute atomic E-state index is 0.0139. The number of pyridine rings is 2. The van der Waals surface area contributed by atoms with Crippen LogP contribution in [0.1, 0.15) is 34.5 Å². The SMILES string of the molecule is C=C/C(=C\NC)n1ccc2c(NC(C)c3cccc(NC(=O)c4cncc(C)c4)c3)cncc21. The standard InChI is InChI=1S/C27H28N6O/c1-5-23(15-28-4)33-10-9-24-25(16-30-17-26(24)33)31-19(3)20-7-6-8-22(12-20)32-27(34)21-11-18(2)13-29-14-21/h5-17,19,28,31H,1H2,2-4H3,(H,32,34)/b23-15+. The van der Waals surface area contributed by atoms with Crippen LogP contribution in [0.15, 0.2) is 86.2 Å². The van der Waals surface area contributed by atoms with Gasteiger partial charge in [-0.25, -0.2) is 0 Å². The molecule has 0 aliphatic carbocycles. The molecule has 0 aliphatic rings. The third-order valence-electron chi connectivity index (χ3n) is 5.55. The summed E-state index contributed by atoms with van der Waals surface area (Å²) in [6.45, 7) is 7.90. The zero-order valence-electron chi connectivity index (χ0n) is 19.5. The third kappa shape index (κ3) is 4.83. The maximum atomic E-state index is 12.6. The Morgan fingerprint density at radius 2 is 1.94 bits per heavy atom. The van der Waals surface area contributed by atoms with E-state index in [0.29, 0.717) is 5.56 Å². The molecule has 1 aromatic carbocycles. The summed E-state index contributed by atoms with van der Waals surface area (Å²) in [5.74, 6) is -0.183. The molecule has 0 spiro atoms. The first kappa shape index (κ1) is 22.8. The van der Waals surface area contributed by atoms with Gasteiger partial charge in [-0.3, -0.25) is 14.8 Å². The van der Waals surface area contributed by atoms with E-state index < -0.39 is 0 Å². The Balaban J connectivity index is 1.55. The first-order chi connectivity index (χ1) is 16.5. The van der Waals surface area contributed by atoms with E-state index >= 15 is 0 Å². The quantitative estimate of drug-likeness (QED) is 0.313. The van der Waals surface area contributed by atoms with Crippen molar-refractivity contribution >= 4 is 33.9 Å². The topological polar surface area (TPSA) is 83.9 Å². The van der Waals surface area contributed by atoms with E-state index in [4.69, 9.17) is 0 Å². The Morgan fingerprint density at radius 1 is 1.12 bits per heavy atom. The van der Waals surface area contributed by atoms with Gasteiger partial charge in [0.1, 0.15) is 0 Å². The van der Waals surface area contributed by atoms with Crippen LogP contribution in [0, 0.1) is 6.92 Å². The Morgan fingerprint density at radius 3 is 2.71 bits per heavy atom. The largest absolute Gasteiger partial charge is 0.392 e. The first-order valence-electron chi connectivity index (χ1n) is 11.0. The number of aryl methyl sites for hydroxylation is 1. The van der Waals surface area contributed by atoms with Crippen LogP contribution in [-0.2, 0) is 0 Å². The van der Waals surface area contributed by atoms with Crippen molar-refractivity contribution in [2.45, 2.75) is 19.9 Å². The van der Waals surface area contributed by atoms with Gasteiger partial charge in [0.25, 0.3) is 5.91 Å². The number of anilines is 2. The molecular weight excluding hydrogens is 424 g/mol. The van der Waals surface area contributed by atoms with Crippen LogP contribution in [0.3, 0.4) is 0 Å². The first-order valence-corrected chi connectivity index (χ1v) is 11.0. The van der Waals surface area contributed by atoms with Crippen LogP contribution in [0.25, 0.3) is 16.6 Å². The van der Waals surface area contributed by atoms with E-state index in [2.05, 4.69) is 45.5 Å². The van der Waals surface area contributed by atoms with Crippen molar-refractivity contribution in [3.05, 3.63) is 103 Å². The number of hydrogen-bond acceptors (Lipinski definition) is 5. The average molecular weight is 453 g/mol. The lowest BCUT2D eigenvalue weighted by atomic mass is 10.1. The van der Waals surface area contributed by atoms with Crippen LogP contribution in [0.2, 0.25) is 0 Å². The van der Waals surface area contributed by atoms with Crippen LogP contribution in [0.4, 0.5) is 11.4 Å². The fraction of sp³-hybridized carbons (Fsp3) is 0.148. The summed E-state index contributed by atoms with van der Waals surface area (Å²) in [6.07, 6.45) is 12.7. The van der Waals surface area contributed by atoms with Crippen LogP contribution >= 0.6 is 0 Å². The fourth-order valence-electron chi connectivity index (χ4n) is 3.86. The van der Waals surface area contributed by atoms with E-state index in [1.54, 1.807) is 18.5 Å². The Labute approximate surface area is 199 Å². The number of hydrogen-bond donors (Lipinski definition) is 3. The minimum Gasteiger partial charge on any atom is -0.392 e. The zero-order chi connectivity index (χ0) is 24.1. The molecule has 34 heavy (non-hydrogen) atoms. The lowest BCUT2D eigenvalue weighted by molar-refractivity contribution is 0.102. The van der Waals surface area contributed by atoms with Crippen molar-refractivity contribution < 1.29 is 4.79 Å². The van der Waals surface area contributed by atoms with Gasteiger partial charge in [-0.05, 0) is 55.3 Å². The number of allylic oxidation sites excluding steroid dienone is 2. The van der Waals surface area contributed by atoms with Crippen molar-refractivity contribution in [3.8, 4) is 0 Å². The predicted octanol–water partition coefficient (Wildman–Crippen LogP) is 5.37. The van der Waals surface area contributed by atoms with E-state index in [-0.39, 0.29) is 11.9 Å². The Kier molecular flexibility index (Phi) is 6.73. The molecule has 7 nitrogen and oxygen atoms in total. The van der Waals surface area contributed by atoms with Gasteiger partial charge < -0.3 is 20.5 Å². The maximum absolute atomic E-state index is 12.6. The normalized spacial score (nSPS) is 12.3. The highest BCUT2D eigenvalue weighted by molar-refractivity contribution is 6.04. The van der Waals surface area contributed by atoms with E-state index in [0.717, 1.165) is 39.1 Å². The molecule has 1 unspecified atom stereocenters. The minimum atomic E-state index is -0.183. The van der Waals surface area contributed by atoms with Gasteiger partial charge in [0, 0.05) is 49.0 Å². The molecule has 3 aromatic heterocycles. The summed E-state index contributed by atoms with van der Waals surface area (Å²) in [7, 11) is 1.86. The number of nitrogens with one attached hydrogen (secondary N) is 3. The summed E-state index contributed by atoms with van der Waals surface area (Å²) in [5.41, 5.74) is 6.08. The monoisotopic (exact) mass is 452 g/mol. The number of aromatic nitrogens is 3. The van der Waals surface area contributed by atoms with Gasteiger partial charge in [-0.2, -0.15) is 0 Å². The average Bonchev–Trinajstić information content (AvgIpc) is 3.27. The van der Waals surface area contributed by atoms with Crippen LogP contribution in [0.5, 0.6) is 0 Å². The number of nitrogens with zero attached hydrogens (tertiary/aromatic N) is 3. The summed E-state index contributed by atoms with van der Waals surface area (Å²) >= 11 is 0. The molecule has 0 fully saturated rings. The molecule has 0 bridgehead atoms. The molecule has 3 N–H and O–H groups in total. The van der Waals surface area contributed by atoms with Gasteiger partial charge in [0.05, 0.1) is 34.9 Å². The number of carbonyl (C=O) groups is 1. The molecule has 4 aromatic rings. The van der Waals surface area contributed by atoms with E-state index in [9.17, 15) is 4.79 Å². The molecule has 4 rings (SSSR count). The molecule has 7 heteroatoms.